The zero-order chi connectivity index (χ0) is 12.7. The van der Waals surface area contributed by atoms with Crippen LogP contribution in [0.2, 0.25) is 0 Å². The van der Waals surface area contributed by atoms with Crippen molar-refractivity contribution in [2.75, 3.05) is 39.1 Å². The van der Waals surface area contributed by atoms with Crippen molar-refractivity contribution in [3.63, 3.8) is 0 Å². The van der Waals surface area contributed by atoms with Crippen LogP contribution in [-0.4, -0.2) is 60.2 Å². The lowest BCUT2D eigenvalue weighted by Crippen LogP contribution is -2.46. The van der Waals surface area contributed by atoms with Crippen LogP contribution < -0.4 is 0 Å². The Morgan fingerprint density at radius 1 is 1.47 bits per heavy atom. The van der Waals surface area contributed by atoms with E-state index in [2.05, 4.69) is 4.90 Å². The Kier molecular flexibility index (Phi) is 6.26. The Morgan fingerprint density at radius 2 is 2.12 bits per heavy atom. The quantitative estimate of drug-likeness (QED) is 0.524. The summed E-state index contributed by atoms with van der Waals surface area (Å²) >= 11 is 1.37. The molecule has 100 valence electrons. The van der Waals surface area contributed by atoms with Gasteiger partial charge in [-0.3, -0.25) is 4.79 Å². The fraction of sp³-hybridized carbons (Fsp3) is 0.909. The standard InChI is InChI=1S/C11H21NO4S/c1-17-16-8-2-5-12-6-3-11(9-13,4-7-12)10(14)15/h13H,2-9H2,1H3,(H,14,15). The van der Waals surface area contributed by atoms with Gasteiger partial charge in [-0.05, 0) is 44.4 Å². The first-order valence-electron chi connectivity index (χ1n) is 5.87. The second-order valence-corrected chi connectivity index (χ2v) is 5.00. The third-order valence-corrected chi connectivity index (χ3v) is 3.79. The molecule has 0 amide bonds. The highest BCUT2D eigenvalue weighted by Crippen LogP contribution is 2.31. The van der Waals surface area contributed by atoms with Crippen molar-refractivity contribution in [3.05, 3.63) is 0 Å². The molecule has 17 heavy (non-hydrogen) atoms. The molecule has 0 aromatic carbocycles. The van der Waals surface area contributed by atoms with Crippen molar-refractivity contribution in [1.29, 1.82) is 0 Å². The average Bonchev–Trinajstić information content (AvgIpc) is 2.35. The molecule has 0 atom stereocenters. The van der Waals surface area contributed by atoms with Gasteiger partial charge in [-0.1, -0.05) is 0 Å². The molecule has 0 bridgehead atoms. The van der Waals surface area contributed by atoms with E-state index in [1.165, 1.54) is 12.0 Å². The maximum Gasteiger partial charge on any atom is 0.312 e. The topological polar surface area (TPSA) is 70.0 Å². The van der Waals surface area contributed by atoms with Crippen molar-refractivity contribution in [3.8, 4) is 0 Å². The lowest BCUT2D eigenvalue weighted by atomic mass is 9.79. The van der Waals surface area contributed by atoms with E-state index in [4.69, 9.17) is 9.29 Å². The number of hydrogen-bond donors (Lipinski definition) is 2. The van der Waals surface area contributed by atoms with Gasteiger partial charge in [-0.15, -0.1) is 0 Å². The lowest BCUT2D eigenvalue weighted by molar-refractivity contribution is -0.155. The van der Waals surface area contributed by atoms with Gasteiger partial charge >= 0.3 is 5.97 Å². The maximum absolute atomic E-state index is 11.1. The Labute approximate surface area is 106 Å². The van der Waals surface area contributed by atoms with Gasteiger partial charge in [0.1, 0.15) is 0 Å². The molecular weight excluding hydrogens is 242 g/mol. The SMILES string of the molecule is CSOCCCN1CCC(CO)(C(=O)O)CC1. The predicted molar refractivity (Wildman–Crippen MR) is 66.9 cm³/mol. The number of hydrogen-bond acceptors (Lipinski definition) is 5. The lowest BCUT2D eigenvalue weighted by Gasteiger charge is -2.37. The van der Waals surface area contributed by atoms with E-state index < -0.39 is 11.4 Å². The monoisotopic (exact) mass is 263 g/mol. The van der Waals surface area contributed by atoms with E-state index in [-0.39, 0.29) is 6.61 Å². The van der Waals surface area contributed by atoms with Gasteiger partial charge in [0.15, 0.2) is 0 Å². The van der Waals surface area contributed by atoms with Crippen LogP contribution in [0.3, 0.4) is 0 Å². The van der Waals surface area contributed by atoms with E-state index in [1.807, 2.05) is 6.26 Å². The Hall–Kier alpha value is -0.300. The van der Waals surface area contributed by atoms with Gasteiger partial charge in [-0.25, -0.2) is 0 Å². The van der Waals surface area contributed by atoms with Crippen molar-refractivity contribution in [2.24, 2.45) is 5.41 Å². The largest absolute Gasteiger partial charge is 0.481 e. The number of rotatable bonds is 7. The smallest absolute Gasteiger partial charge is 0.312 e. The number of aliphatic carboxylic acids is 1. The molecule has 1 aliphatic rings. The fourth-order valence-corrected chi connectivity index (χ4v) is 2.36. The number of piperidine rings is 1. The second-order valence-electron chi connectivity index (χ2n) is 4.43. The molecule has 0 aromatic rings. The van der Waals surface area contributed by atoms with Gasteiger partial charge in [-0.2, -0.15) is 0 Å². The number of aliphatic hydroxyl groups is 1. The van der Waals surface area contributed by atoms with E-state index in [9.17, 15) is 9.90 Å². The van der Waals surface area contributed by atoms with Crippen LogP contribution in [0.5, 0.6) is 0 Å². The minimum Gasteiger partial charge on any atom is -0.481 e. The number of carboxylic acids is 1. The molecule has 1 aliphatic heterocycles. The molecule has 0 spiro atoms. The highest BCUT2D eigenvalue weighted by atomic mass is 32.2. The first-order chi connectivity index (χ1) is 8.14. The third-order valence-electron chi connectivity index (χ3n) is 3.39. The zero-order valence-electron chi connectivity index (χ0n) is 10.2. The molecule has 5 nitrogen and oxygen atoms in total. The number of likely N-dealkylation sites (tertiary alicyclic amines) is 1. The summed E-state index contributed by atoms with van der Waals surface area (Å²) in [7, 11) is 0. The number of carboxylic acid groups (broad SMARTS) is 1. The van der Waals surface area contributed by atoms with Crippen molar-refractivity contribution in [1.82, 2.24) is 4.90 Å². The first-order valence-corrected chi connectivity index (χ1v) is 7.02. The highest BCUT2D eigenvalue weighted by molar-refractivity contribution is 7.93. The predicted octanol–water partition coefficient (Wildman–Crippen LogP) is 0.830. The van der Waals surface area contributed by atoms with Gasteiger partial charge in [0, 0.05) is 12.8 Å². The average molecular weight is 263 g/mol. The van der Waals surface area contributed by atoms with Crippen LogP contribution in [0.4, 0.5) is 0 Å². The summed E-state index contributed by atoms with van der Waals surface area (Å²) in [5, 5.41) is 18.3. The highest BCUT2D eigenvalue weighted by Gasteiger charge is 2.40. The van der Waals surface area contributed by atoms with Crippen LogP contribution in [0.1, 0.15) is 19.3 Å². The van der Waals surface area contributed by atoms with Crippen LogP contribution in [0.25, 0.3) is 0 Å². The van der Waals surface area contributed by atoms with E-state index >= 15 is 0 Å². The zero-order valence-corrected chi connectivity index (χ0v) is 11.0. The summed E-state index contributed by atoms with van der Waals surface area (Å²) in [6, 6.07) is 0. The maximum atomic E-state index is 11.1. The van der Waals surface area contributed by atoms with Crippen molar-refractivity contribution in [2.45, 2.75) is 19.3 Å². The molecule has 2 N–H and O–H groups in total. The number of carbonyl (C=O) groups is 1. The van der Waals surface area contributed by atoms with Crippen molar-refractivity contribution >= 4 is 18.0 Å². The molecule has 6 heteroatoms. The Morgan fingerprint density at radius 3 is 2.59 bits per heavy atom. The number of nitrogens with zero attached hydrogens (tertiary/aromatic N) is 1. The van der Waals surface area contributed by atoms with Crippen LogP contribution >= 0.6 is 12.0 Å². The minimum atomic E-state index is -0.910. The summed E-state index contributed by atoms with van der Waals surface area (Å²) in [5.74, 6) is -0.870. The fourth-order valence-electron chi connectivity index (χ4n) is 2.07. The third kappa shape index (κ3) is 4.13. The summed E-state index contributed by atoms with van der Waals surface area (Å²) in [4.78, 5) is 13.3. The summed E-state index contributed by atoms with van der Waals surface area (Å²) in [5.41, 5.74) is -0.910. The van der Waals surface area contributed by atoms with Gasteiger partial charge < -0.3 is 19.3 Å². The van der Waals surface area contributed by atoms with E-state index in [1.54, 1.807) is 0 Å². The van der Waals surface area contributed by atoms with Crippen LogP contribution in [0, 0.1) is 5.41 Å². The van der Waals surface area contributed by atoms with Gasteiger partial charge in [0.2, 0.25) is 0 Å². The Balaban J connectivity index is 2.27. The molecule has 0 saturated carbocycles. The normalized spacial score (nSPS) is 20.4. The molecule has 0 unspecified atom stereocenters. The summed E-state index contributed by atoms with van der Waals surface area (Å²) in [6.07, 6.45) is 3.91. The first kappa shape index (κ1) is 14.8. The van der Waals surface area contributed by atoms with Gasteiger partial charge in [0.05, 0.1) is 18.6 Å². The molecule has 0 aliphatic carbocycles. The van der Waals surface area contributed by atoms with E-state index in [0.717, 1.165) is 32.7 Å². The van der Waals surface area contributed by atoms with Gasteiger partial charge in [0.25, 0.3) is 0 Å². The second kappa shape index (κ2) is 7.20. The summed E-state index contributed by atoms with van der Waals surface area (Å²) in [6.45, 7) is 2.88. The number of aliphatic hydroxyl groups excluding tert-OH is 1. The van der Waals surface area contributed by atoms with Crippen LogP contribution in [0.15, 0.2) is 0 Å². The molecule has 1 heterocycles. The Bertz CT molecular complexity index is 242. The molecule has 1 rings (SSSR count). The molecule has 0 aromatic heterocycles. The minimum absolute atomic E-state index is 0.258. The molecule has 1 fully saturated rings. The van der Waals surface area contributed by atoms with E-state index in [0.29, 0.717) is 12.8 Å². The molecule has 1 saturated heterocycles. The van der Waals surface area contributed by atoms with Crippen molar-refractivity contribution < 1.29 is 19.2 Å². The molecular formula is C11H21NO4S. The van der Waals surface area contributed by atoms with Crippen LogP contribution in [-0.2, 0) is 8.98 Å². The summed E-state index contributed by atoms with van der Waals surface area (Å²) < 4.78 is 5.18. The molecule has 0 radical (unpaired) electrons.